The summed E-state index contributed by atoms with van der Waals surface area (Å²) in [6, 6.07) is 27.0. The maximum absolute atomic E-state index is 13.0. The third kappa shape index (κ3) is 4.90. The lowest BCUT2D eigenvalue weighted by Gasteiger charge is -2.12. The maximum atomic E-state index is 13.0. The highest BCUT2D eigenvalue weighted by molar-refractivity contribution is 9.10. The number of carbonyl (C=O) groups excluding carboxylic acids is 2. The number of aromatic nitrogens is 1. The van der Waals surface area contributed by atoms with Crippen LogP contribution in [0.15, 0.2) is 94.3 Å². The third-order valence-corrected chi connectivity index (χ3v) is 7.38. The van der Waals surface area contributed by atoms with Crippen LogP contribution in [0.5, 0.6) is 5.75 Å². The fourth-order valence-corrected chi connectivity index (χ4v) is 5.27. The topological polar surface area (TPSA) is 51.5 Å². The minimum absolute atomic E-state index is 0.287. The first-order valence-corrected chi connectivity index (χ1v) is 13.0. The molecule has 0 bridgehead atoms. The van der Waals surface area contributed by atoms with Crippen molar-refractivity contribution < 1.29 is 14.3 Å². The lowest BCUT2D eigenvalue weighted by molar-refractivity contribution is -0.113. The van der Waals surface area contributed by atoms with Crippen LogP contribution in [0.3, 0.4) is 0 Å². The maximum Gasteiger partial charge on any atom is 0.298 e. The highest BCUT2D eigenvalue weighted by Crippen LogP contribution is 2.36. The van der Waals surface area contributed by atoms with Gasteiger partial charge in [-0.2, -0.15) is 0 Å². The number of halogens is 1. The molecular weight excluding hydrogens is 536 g/mol. The largest absolute Gasteiger partial charge is 0.489 e. The minimum atomic E-state index is -0.298. The first kappa shape index (κ1) is 24.2. The number of aryl methyl sites for hydroxylation is 1. The van der Waals surface area contributed by atoms with E-state index in [1.54, 1.807) is 12.1 Å². The Morgan fingerprint density at radius 3 is 2.28 bits per heavy atom. The molecule has 0 atom stereocenters. The molecular formula is C29H23BrN2O3S. The van der Waals surface area contributed by atoms with Crippen molar-refractivity contribution in [2.45, 2.75) is 20.5 Å². The van der Waals surface area contributed by atoms with E-state index in [2.05, 4.69) is 20.5 Å². The molecule has 4 aromatic rings. The SMILES string of the molecule is Cc1cc(C=C2SC(=O)N(c3ccccc3)C2=O)c(C)n1-c1ccc(OCc2ccc(Br)cc2)cc1. The minimum Gasteiger partial charge on any atom is -0.489 e. The lowest BCUT2D eigenvalue weighted by Crippen LogP contribution is -2.27. The quantitative estimate of drug-likeness (QED) is 0.228. The molecule has 1 fully saturated rings. The van der Waals surface area contributed by atoms with Gasteiger partial charge in [-0.1, -0.05) is 46.3 Å². The number of rotatable bonds is 6. The van der Waals surface area contributed by atoms with E-state index in [1.165, 1.54) is 4.90 Å². The third-order valence-electron chi connectivity index (χ3n) is 5.98. The molecule has 0 aliphatic carbocycles. The van der Waals surface area contributed by atoms with Crippen LogP contribution in [0.1, 0.15) is 22.5 Å². The number of nitrogens with zero attached hydrogens (tertiary/aromatic N) is 2. The molecule has 36 heavy (non-hydrogen) atoms. The van der Waals surface area contributed by atoms with Gasteiger partial charge < -0.3 is 9.30 Å². The van der Waals surface area contributed by atoms with E-state index >= 15 is 0 Å². The Morgan fingerprint density at radius 2 is 1.58 bits per heavy atom. The monoisotopic (exact) mass is 558 g/mol. The molecule has 0 saturated carbocycles. The molecule has 0 radical (unpaired) electrons. The number of thioether (sulfide) groups is 1. The van der Waals surface area contributed by atoms with Gasteiger partial charge in [-0.25, -0.2) is 4.90 Å². The zero-order valence-corrected chi connectivity index (χ0v) is 22.2. The highest BCUT2D eigenvalue weighted by Gasteiger charge is 2.36. The van der Waals surface area contributed by atoms with Crippen LogP contribution in [-0.2, 0) is 11.4 Å². The fraction of sp³-hybridized carbons (Fsp3) is 0.103. The predicted molar refractivity (Wildman–Crippen MR) is 149 cm³/mol. The van der Waals surface area contributed by atoms with Crippen LogP contribution in [0.2, 0.25) is 0 Å². The molecule has 2 amide bonds. The van der Waals surface area contributed by atoms with Crippen molar-refractivity contribution in [3.8, 4) is 11.4 Å². The Kier molecular flexibility index (Phi) is 6.85. The smallest absolute Gasteiger partial charge is 0.298 e. The van der Waals surface area contributed by atoms with E-state index < -0.39 is 0 Å². The van der Waals surface area contributed by atoms with Crippen LogP contribution in [-0.4, -0.2) is 15.7 Å². The van der Waals surface area contributed by atoms with Crippen molar-refractivity contribution in [3.63, 3.8) is 0 Å². The molecule has 1 aliphatic rings. The van der Waals surface area contributed by atoms with Gasteiger partial charge in [0.05, 0.1) is 10.6 Å². The van der Waals surface area contributed by atoms with Gasteiger partial charge in [0.15, 0.2) is 0 Å². The normalized spacial score (nSPS) is 14.6. The van der Waals surface area contributed by atoms with Crippen LogP contribution in [0, 0.1) is 13.8 Å². The number of hydrogen-bond acceptors (Lipinski definition) is 4. The number of benzene rings is 3. The molecule has 0 N–H and O–H groups in total. The summed E-state index contributed by atoms with van der Waals surface area (Å²) in [6.07, 6.45) is 1.81. The van der Waals surface area contributed by atoms with Crippen molar-refractivity contribution in [1.29, 1.82) is 0 Å². The Labute approximate surface area is 222 Å². The van der Waals surface area contributed by atoms with E-state index in [1.807, 2.05) is 92.7 Å². The van der Waals surface area contributed by atoms with Gasteiger partial charge in [-0.05, 0) is 97.4 Å². The first-order chi connectivity index (χ1) is 17.4. The van der Waals surface area contributed by atoms with Crippen LogP contribution < -0.4 is 9.64 Å². The van der Waals surface area contributed by atoms with Crippen molar-refractivity contribution in [3.05, 3.63) is 117 Å². The Morgan fingerprint density at radius 1 is 0.889 bits per heavy atom. The predicted octanol–water partition coefficient (Wildman–Crippen LogP) is 7.68. The van der Waals surface area contributed by atoms with Crippen LogP contribution in [0.25, 0.3) is 11.8 Å². The molecule has 5 rings (SSSR count). The number of amides is 2. The molecule has 0 unspecified atom stereocenters. The average Bonchev–Trinajstić information content (AvgIpc) is 3.32. The van der Waals surface area contributed by atoms with Gasteiger partial charge in [-0.3, -0.25) is 9.59 Å². The van der Waals surface area contributed by atoms with E-state index in [4.69, 9.17) is 4.74 Å². The summed E-state index contributed by atoms with van der Waals surface area (Å²) in [5.41, 5.74) is 5.60. The van der Waals surface area contributed by atoms with Crippen LogP contribution in [0.4, 0.5) is 10.5 Å². The Balaban J connectivity index is 1.35. The van der Waals surface area contributed by atoms with E-state index in [0.29, 0.717) is 17.2 Å². The Bertz CT molecular complexity index is 1460. The molecule has 1 saturated heterocycles. The lowest BCUT2D eigenvalue weighted by atomic mass is 10.2. The number of para-hydroxylation sites is 1. The summed E-state index contributed by atoms with van der Waals surface area (Å²) in [7, 11) is 0. The number of imide groups is 1. The van der Waals surface area contributed by atoms with Crippen LogP contribution >= 0.6 is 27.7 Å². The van der Waals surface area contributed by atoms with Crippen molar-refractivity contribution in [2.24, 2.45) is 0 Å². The summed E-state index contributed by atoms with van der Waals surface area (Å²) in [5.74, 6) is 0.493. The number of anilines is 1. The first-order valence-electron chi connectivity index (χ1n) is 11.4. The van der Waals surface area contributed by atoms with E-state index in [9.17, 15) is 9.59 Å². The highest BCUT2D eigenvalue weighted by atomic mass is 79.9. The van der Waals surface area contributed by atoms with Crippen molar-refractivity contribution >= 4 is 50.6 Å². The second-order valence-electron chi connectivity index (χ2n) is 8.42. The molecule has 1 aliphatic heterocycles. The van der Waals surface area contributed by atoms with Gasteiger partial charge in [0.2, 0.25) is 0 Å². The average molecular weight is 559 g/mol. The summed E-state index contributed by atoms with van der Waals surface area (Å²) >= 11 is 4.41. The molecule has 180 valence electrons. The Hall–Kier alpha value is -3.55. The summed E-state index contributed by atoms with van der Waals surface area (Å²) in [5, 5.41) is -0.287. The van der Waals surface area contributed by atoms with Gasteiger partial charge >= 0.3 is 0 Å². The molecule has 0 spiro atoms. The molecule has 1 aromatic heterocycles. The zero-order valence-electron chi connectivity index (χ0n) is 19.8. The number of carbonyl (C=O) groups is 2. The molecule has 2 heterocycles. The number of hydrogen-bond donors (Lipinski definition) is 0. The van der Waals surface area contributed by atoms with Gasteiger partial charge in [0.25, 0.3) is 11.1 Å². The molecule has 5 nitrogen and oxygen atoms in total. The van der Waals surface area contributed by atoms with E-state index in [-0.39, 0.29) is 11.1 Å². The van der Waals surface area contributed by atoms with E-state index in [0.717, 1.165) is 50.2 Å². The number of ether oxygens (including phenoxy) is 1. The van der Waals surface area contributed by atoms with Gasteiger partial charge in [0.1, 0.15) is 12.4 Å². The summed E-state index contributed by atoms with van der Waals surface area (Å²) < 4.78 is 9.11. The second-order valence-corrected chi connectivity index (χ2v) is 10.3. The fourth-order valence-electron chi connectivity index (χ4n) is 4.18. The zero-order chi connectivity index (χ0) is 25.2. The standard InChI is InChI=1S/C29H23BrN2O3S/c1-19-16-22(17-27-28(33)32(29(34)36-27)24-6-4-3-5-7-24)20(2)31(19)25-12-14-26(15-13-25)35-18-21-8-10-23(30)11-9-21/h3-17H,18H2,1-2H3. The molecule has 7 heteroatoms. The second kappa shape index (κ2) is 10.2. The van der Waals surface area contributed by atoms with Crippen molar-refractivity contribution in [1.82, 2.24) is 4.57 Å². The van der Waals surface area contributed by atoms with Gasteiger partial charge in [-0.15, -0.1) is 0 Å². The summed E-state index contributed by atoms with van der Waals surface area (Å²) in [6.45, 7) is 4.53. The van der Waals surface area contributed by atoms with Crippen molar-refractivity contribution in [2.75, 3.05) is 4.90 Å². The summed E-state index contributed by atoms with van der Waals surface area (Å²) in [4.78, 5) is 27.2. The van der Waals surface area contributed by atoms with Gasteiger partial charge in [0, 0.05) is 21.5 Å². The molecule has 3 aromatic carbocycles.